The summed E-state index contributed by atoms with van der Waals surface area (Å²) in [5.74, 6) is 0.866. The van der Waals surface area contributed by atoms with Crippen LogP contribution in [-0.4, -0.2) is 24.7 Å². The number of anilines is 1. The van der Waals surface area contributed by atoms with E-state index in [1.54, 1.807) is 0 Å². The lowest BCUT2D eigenvalue weighted by atomic mass is 10.2. The summed E-state index contributed by atoms with van der Waals surface area (Å²) in [7, 11) is 0. The van der Waals surface area contributed by atoms with Crippen molar-refractivity contribution in [3.8, 4) is 5.75 Å². The first-order valence-electron chi connectivity index (χ1n) is 5.46. The minimum absolute atomic E-state index is 0.735. The van der Waals surface area contributed by atoms with Crippen LogP contribution in [0.25, 0.3) is 0 Å². The van der Waals surface area contributed by atoms with E-state index in [1.807, 2.05) is 6.07 Å². The molecule has 1 aromatic heterocycles. The molecule has 0 saturated carbocycles. The summed E-state index contributed by atoms with van der Waals surface area (Å²) in [6, 6.07) is 2.02. The largest absolute Gasteiger partial charge is 0.487 e. The van der Waals surface area contributed by atoms with Crippen LogP contribution < -0.4 is 9.64 Å². The van der Waals surface area contributed by atoms with Crippen LogP contribution in [0.4, 0.5) is 5.69 Å². The van der Waals surface area contributed by atoms with E-state index in [4.69, 9.17) is 4.74 Å². The van der Waals surface area contributed by atoms with Gasteiger partial charge in [0.15, 0.2) is 10.4 Å². The van der Waals surface area contributed by atoms with Gasteiger partial charge in [0.25, 0.3) is 0 Å². The van der Waals surface area contributed by atoms with Gasteiger partial charge in [-0.15, -0.1) is 0 Å². The lowest BCUT2D eigenvalue weighted by Gasteiger charge is -2.31. The van der Waals surface area contributed by atoms with Crippen LogP contribution in [0.1, 0.15) is 19.8 Å². The lowest BCUT2D eigenvalue weighted by Crippen LogP contribution is -2.33. The molecule has 0 N–H and O–H groups in total. The summed E-state index contributed by atoms with van der Waals surface area (Å²) < 4.78 is 7.26. The minimum atomic E-state index is 0.735. The molecule has 0 fully saturated rings. The fraction of sp³-hybridized carbons (Fsp3) is 0.545. The first-order valence-corrected chi connectivity index (χ1v) is 7.04. The van der Waals surface area contributed by atoms with Crippen LogP contribution in [0, 0.1) is 0 Å². The van der Waals surface area contributed by atoms with E-state index in [9.17, 15) is 0 Å². The average Bonchev–Trinajstić information content (AvgIpc) is 2.26. The van der Waals surface area contributed by atoms with Gasteiger partial charge in [-0.05, 0) is 44.3 Å². The summed E-state index contributed by atoms with van der Waals surface area (Å²) in [5.41, 5.74) is 1.13. The summed E-state index contributed by atoms with van der Waals surface area (Å²) in [4.78, 5) is 6.64. The molecule has 2 heterocycles. The Bertz CT molecular complexity index is 384. The van der Waals surface area contributed by atoms with Crippen LogP contribution in [0.2, 0.25) is 0 Å². The van der Waals surface area contributed by atoms with Crippen molar-refractivity contribution < 1.29 is 4.74 Å². The van der Waals surface area contributed by atoms with Gasteiger partial charge < -0.3 is 9.64 Å². The number of hydrogen-bond acceptors (Lipinski definition) is 3. The van der Waals surface area contributed by atoms with Gasteiger partial charge in [-0.25, -0.2) is 4.98 Å². The van der Waals surface area contributed by atoms with E-state index in [2.05, 4.69) is 48.7 Å². The molecule has 0 unspecified atom stereocenters. The first kappa shape index (κ1) is 12.2. The molecular weight excluding hydrogens is 336 g/mol. The molecule has 0 bridgehead atoms. The molecule has 0 radical (unpaired) electrons. The van der Waals surface area contributed by atoms with Crippen molar-refractivity contribution in [2.24, 2.45) is 0 Å². The van der Waals surface area contributed by atoms with Gasteiger partial charge in [0.05, 0.1) is 12.2 Å². The highest BCUT2D eigenvalue weighted by atomic mass is 79.9. The van der Waals surface area contributed by atoms with Gasteiger partial charge in [-0.1, -0.05) is 13.3 Å². The SMILES string of the molecule is CCCCN1CCOc2c1cc(Br)nc2Br. The second-order valence-electron chi connectivity index (χ2n) is 3.77. The van der Waals surface area contributed by atoms with Gasteiger partial charge >= 0.3 is 0 Å². The van der Waals surface area contributed by atoms with E-state index in [-0.39, 0.29) is 0 Å². The smallest absolute Gasteiger partial charge is 0.175 e. The molecule has 1 aromatic rings. The fourth-order valence-electron chi connectivity index (χ4n) is 1.79. The zero-order valence-corrected chi connectivity index (χ0v) is 12.3. The number of pyridine rings is 1. The molecule has 0 atom stereocenters. The number of aromatic nitrogens is 1. The molecule has 1 aliphatic heterocycles. The van der Waals surface area contributed by atoms with Crippen LogP contribution in [0.15, 0.2) is 15.3 Å². The predicted molar refractivity (Wildman–Crippen MR) is 72.3 cm³/mol. The number of rotatable bonds is 3. The number of fused-ring (bicyclic) bond motifs is 1. The maximum atomic E-state index is 5.65. The molecule has 5 heteroatoms. The molecule has 16 heavy (non-hydrogen) atoms. The number of halogens is 2. The molecule has 0 aliphatic carbocycles. The van der Waals surface area contributed by atoms with Crippen molar-refractivity contribution in [2.75, 3.05) is 24.6 Å². The van der Waals surface area contributed by atoms with Crippen LogP contribution >= 0.6 is 31.9 Å². The molecule has 0 saturated heterocycles. The van der Waals surface area contributed by atoms with E-state index >= 15 is 0 Å². The summed E-state index contributed by atoms with van der Waals surface area (Å²) in [6.07, 6.45) is 2.41. The summed E-state index contributed by atoms with van der Waals surface area (Å²) in [5, 5.41) is 0. The maximum Gasteiger partial charge on any atom is 0.175 e. The predicted octanol–water partition coefficient (Wildman–Crippen LogP) is 3.61. The Labute approximate surface area is 112 Å². The molecular formula is C11H14Br2N2O. The molecule has 0 amide bonds. The highest BCUT2D eigenvalue weighted by Crippen LogP contribution is 2.38. The fourth-order valence-corrected chi connectivity index (χ4v) is 2.93. The summed E-state index contributed by atoms with van der Waals surface area (Å²) >= 11 is 6.85. The monoisotopic (exact) mass is 348 g/mol. The van der Waals surface area contributed by atoms with Crippen LogP contribution in [-0.2, 0) is 0 Å². The quantitative estimate of drug-likeness (QED) is 0.779. The normalized spacial score (nSPS) is 14.6. The molecule has 0 spiro atoms. The second-order valence-corrected chi connectivity index (χ2v) is 5.34. The number of unbranched alkanes of at least 4 members (excludes halogenated alkanes) is 1. The summed E-state index contributed by atoms with van der Waals surface area (Å²) in [6.45, 7) is 4.98. The van der Waals surface area contributed by atoms with E-state index in [1.165, 1.54) is 12.8 Å². The van der Waals surface area contributed by atoms with E-state index in [0.29, 0.717) is 0 Å². The standard InChI is InChI=1S/C11H14Br2N2O/c1-2-3-4-15-5-6-16-10-8(15)7-9(12)14-11(10)13/h7H,2-6H2,1H3. The second kappa shape index (κ2) is 5.36. The number of ether oxygens (including phenoxy) is 1. The number of nitrogens with zero attached hydrogens (tertiary/aromatic N) is 2. The van der Waals surface area contributed by atoms with Crippen molar-refractivity contribution >= 4 is 37.5 Å². The van der Waals surface area contributed by atoms with Crippen molar-refractivity contribution in [3.63, 3.8) is 0 Å². The molecule has 2 rings (SSSR count). The van der Waals surface area contributed by atoms with Gasteiger partial charge in [-0.2, -0.15) is 0 Å². The van der Waals surface area contributed by atoms with Crippen molar-refractivity contribution in [1.82, 2.24) is 4.98 Å². The van der Waals surface area contributed by atoms with E-state index < -0.39 is 0 Å². The minimum Gasteiger partial charge on any atom is -0.487 e. The first-order chi connectivity index (χ1) is 7.72. The molecule has 1 aliphatic rings. The van der Waals surface area contributed by atoms with Gasteiger partial charge in [0.2, 0.25) is 0 Å². The highest BCUT2D eigenvalue weighted by Gasteiger charge is 2.21. The maximum absolute atomic E-state index is 5.65. The van der Waals surface area contributed by atoms with Crippen molar-refractivity contribution in [3.05, 3.63) is 15.3 Å². The zero-order chi connectivity index (χ0) is 11.5. The lowest BCUT2D eigenvalue weighted by molar-refractivity contribution is 0.303. The number of hydrogen-bond donors (Lipinski definition) is 0. The third-order valence-electron chi connectivity index (χ3n) is 2.61. The topological polar surface area (TPSA) is 25.4 Å². The van der Waals surface area contributed by atoms with Crippen molar-refractivity contribution in [2.45, 2.75) is 19.8 Å². The van der Waals surface area contributed by atoms with Gasteiger partial charge in [-0.3, -0.25) is 0 Å². The average molecular weight is 350 g/mol. The Morgan fingerprint density at radius 1 is 1.50 bits per heavy atom. The Hall–Kier alpha value is -0.290. The third-order valence-corrected chi connectivity index (χ3v) is 3.55. The Balaban J connectivity index is 2.30. The molecule has 3 nitrogen and oxygen atoms in total. The third kappa shape index (κ3) is 2.51. The molecule has 88 valence electrons. The molecule has 0 aromatic carbocycles. The van der Waals surface area contributed by atoms with Gasteiger partial charge in [0.1, 0.15) is 11.2 Å². The van der Waals surface area contributed by atoms with Crippen LogP contribution in [0.3, 0.4) is 0 Å². The van der Waals surface area contributed by atoms with Crippen LogP contribution in [0.5, 0.6) is 5.75 Å². The Morgan fingerprint density at radius 2 is 2.31 bits per heavy atom. The Kier molecular flexibility index (Phi) is 4.08. The zero-order valence-electron chi connectivity index (χ0n) is 9.17. The highest BCUT2D eigenvalue weighted by molar-refractivity contribution is 9.11. The van der Waals surface area contributed by atoms with E-state index in [0.717, 1.165) is 40.3 Å². The van der Waals surface area contributed by atoms with Gasteiger partial charge in [0, 0.05) is 6.54 Å². The Morgan fingerprint density at radius 3 is 3.06 bits per heavy atom. The van der Waals surface area contributed by atoms with Crippen molar-refractivity contribution in [1.29, 1.82) is 0 Å².